The maximum absolute atomic E-state index is 12.5. The molecule has 1 saturated carbocycles. The molecule has 2 aromatic carbocycles. The Bertz CT molecular complexity index is 1240. The molecule has 1 heterocycles. The molecule has 2 amide bonds. The van der Waals surface area contributed by atoms with Crippen LogP contribution in [0.4, 0.5) is 9.93 Å². The number of fused-ring (bicyclic) bond motifs is 3. The molecule has 0 saturated heterocycles. The first kappa shape index (κ1) is 22.1. The molecule has 0 spiro atoms. The predicted octanol–water partition coefficient (Wildman–Crippen LogP) is 4.26. The zero-order valence-corrected chi connectivity index (χ0v) is 19.2. The van der Waals surface area contributed by atoms with Crippen molar-refractivity contribution in [3.63, 3.8) is 0 Å². The SMILES string of the molecule is Cc1nc(NC(=O)OCC2c3ccccc3-c3ccccc32)sc1C(=O)NC[C@H]1C[C@H]1C(=O)O. The molecular formula is C25H23N3O5S. The molecule has 0 bridgehead atoms. The molecular weight excluding hydrogens is 454 g/mol. The van der Waals surface area contributed by atoms with Crippen LogP contribution in [0.1, 0.15) is 38.8 Å². The van der Waals surface area contributed by atoms with Crippen molar-refractivity contribution in [1.29, 1.82) is 0 Å². The molecule has 1 fully saturated rings. The molecule has 0 radical (unpaired) electrons. The van der Waals surface area contributed by atoms with E-state index < -0.39 is 12.1 Å². The molecule has 2 aliphatic rings. The van der Waals surface area contributed by atoms with Gasteiger partial charge in [-0.1, -0.05) is 59.9 Å². The van der Waals surface area contributed by atoms with Gasteiger partial charge in [0.15, 0.2) is 5.13 Å². The van der Waals surface area contributed by atoms with Crippen LogP contribution in [-0.2, 0) is 9.53 Å². The number of ether oxygens (including phenoxy) is 1. The van der Waals surface area contributed by atoms with Gasteiger partial charge in [-0.3, -0.25) is 14.9 Å². The van der Waals surface area contributed by atoms with Crippen molar-refractivity contribution in [3.8, 4) is 11.1 Å². The van der Waals surface area contributed by atoms with E-state index in [0.29, 0.717) is 23.5 Å². The van der Waals surface area contributed by atoms with Crippen LogP contribution in [0.3, 0.4) is 0 Å². The van der Waals surface area contributed by atoms with Crippen LogP contribution < -0.4 is 10.6 Å². The zero-order valence-electron chi connectivity index (χ0n) is 18.4. The second-order valence-electron chi connectivity index (χ2n) is 8.53. The van der Waals surface area contributed by atoms with E-state index >= 15 is 0 Å². The highest BCUT2D eigenvalue weighted by molar-refractivity contribution is 7.17. The molecule has 2 atom stereocenters. The minimum Gasteiger partial charge on any atom is -0.481 e. The first-order valence-corrected chi connectivity index (χ1v) is 11.8. The van der Waals surface area contributed by atoms with Crippen LogP contribution >= 0.6 is 11.3 Å². The summed E-state index contributed by atoms with van der Waals surface area (Å²) < 4.78 is 5.54. The highest BCUT2D eigenvalue weighted by Crippen LogP contribution is 2.44. The smallest absolute Gasteiger partial charge is 0.413 e. The second-order valence-corrected chi connectivity index (χ2v) is 9.53. The van der Waals surface area contributed by atoms with Crippen LogP contribution in [0, 0.1) is 18.8 Å². The summed E-state index contributed by atoms with van der Waals surface area (Å²) in [6.45, 7) is 2.18. The number of aromatic nitrogens is 1. The maximum Gasteiger partial charge on any atom is 0.413 e. The fraction of sp³-hybridized carbons (Fsp3) is 0.280. The number of thiazole rings is 1. The fourth-order valence-corrected chi connectivity index (χ4v) is 5.33. The van der Waals surface area contributed by atoms with Gasteiger partial charge < -0.3 is 15.2 Å². The van der Waals surface area contributed by atoms with Crippen LogP contribution in [0.5, 0.6) is 0 Å². The van der Waals surface area contributed by atoms with E-state index in [1.807, 2.05) is 24.3 Å². The Morgan fingerprint density at radius 3 is 2.35 bits per heavy atom. The number of aliphatic carboxylic acids is 1. The Labute approximate surface area is 200 Å². The molecule has 9 heteroatoms. The molecule has 174 valence electrons. The molecule has 3 aromatic rings. The normalized spacial score (nSPS) is 18.0. The third-order valence-electron chi connectivity index (χ3n) is 6.32. The number of anilines is 1. The lowest BCUT2D eigenvalue weighted by Crippen LogP contribution is -2.26. The Morgan fingerprint density at radius 2 is 1.74 bits per heavy atom. The number of rotatable bonds is 7. The number of carboxylic acid groups (broad SMARTS) is 1. The van der Waals surface area contributed by atoms with Gasteiger partial charge in [-0.05, 0) is 41.5 Å². The summed E-state index contributed by atoms with van der Waals surface area (Å²) >= 11 is 1.06. The topological polar surface area (TPSA) is 118 Å². The quantitative estimate of drug-likeness (QED) is 0.468. The number of carbonyl (C=O) groups is 3. The number of carboxylic acids is 1. The van der Waals surface area contributed by atoms with Gasteiger partial charge in [-0.2, -0.15) is 0 Å². The van der Waals surface area contributed by atoms with E-state index in [9.17, 15) is 14.4 Å². The van der Waals surface area contributed by atoms with Gasteiger partial charge in [0.05, 0.1) is 11.6 Å². The van der Waals surface area contributed by atoms with Crippen molar-refractivity contribution < 1.29 is 24.2 Å². The molecule has 5 rings (SSSR count). The Balaban J connectivity index is 1.18. The van der Waals surface area contributed by atoms with Crippen molar-refractivity contribution in [1.82, 2.24) is 10.3 Å². The van der Waals surface area contributed by atoms with E-state index in [1.165, 1.54) is 0 Å². The van der Waals surface area contributed by atoms with Gasteiger partial charge in [-0.15, -0.1) is 0 Å². The molecule has 1 aromatic heterocycles. The molecule has 0 aliphatic heterocycles. The number of aryl methyl sites for hydroxylation is 1. The fourth-order valence-electron chi connectivity index (χ4n) is 4.46. The van der Waals surface area contributed by atoms with Crippen LogP contribution in [0.15, 0.2) is 48.5 Å². The predicted molar refractivity (Wildman–Crippen MR) is 127 cm³/mol. The van der Waals surface area contributed by atoms with Crippen LogP contribution in [-0.4, -0.2) is 41.2 Å². The lowest BCUT2D eigenvalue weighted by Gasteiger charge is -2.14. The minimum absolute atomic E-state index is 0.0342. The molecule has 3 N–H and O–H groups in total. The third kappa shape index (κ3) is 4.26. The summed E-state index contributed by atoms with van der Waals surface area (Å²) in [5.41, 5.74) is 5.04. The number of nitrogens with one attached hydrogen (secondary N) is 2. The average molecular weight is 478 g/mol. The highest BCUT2D eigenvalue weighted by Gasteiger charge is 2.43. The van der Waals surface area contributed by atoms with E-state index in [-0.39, 0.29) is 35.4 Å². The summed E-state index contributed by atoms with van der Waals surface area (Å²) in [6.07, 6.45) is -0.0591. The molecule has 0 unspecified atom stereocenters. The zero-order chi connectivity index (χ0) is 23.8. The minimum atomic E-state index is -0.831. The number of nitrogens with zero attached hydrogens (tertiary/aromatic N) is 1. The third-order valence-corrected chi connectivity index (χ3v) is 7.39. The number of carbonyl (C=O) groups excluding carboxylic acids is 2. The summed E-state index contributed by atoms with van der Waals surface area (Å²) in [7, 11) is 0. The van der Waals surface area contributed by atoms with Crippen LogP contribution in [0.25, 0.3) is 11.1 Å². The summed E-state index contributed by atoms with van der Waals surface area (Å²) in [5.74, 6) is -1.62. The lowest BCUT2D eigenvalue weighted by atomic mass is 9.98. The Hall–Kier alpha value is -3.72. The molecule has 8 nitrogen and oxygen atoms in total. The standard InChI is InChI=1S/C25H23N3O5S/c1-13-21(22(29)26-11-14-10-19(14)23(30)31)34-24(27-13)28-25(32)33-12-20-17-8-4-2-6-15(17)16-7-3-5-9-18(16)20/h2-9,14,19-20H,10-12H2,1H3,(H,26,29)(H,30,31)(H,27,28,32)/t14-,19-/m1/s1. The van der Waals surface area contributed by atoms with E-state index in [0.717, 1.165) is 33.6 Å². The highest BCUT2D eigenvalue weighted by atomic mass is 32.1. The number of amides is 2. The molecule has 2 aliphatic carbocycles. The van der Waals surface area contributed by atoms with Gasteiger partial charge in [0.25, 0.3) is 5.91 Å². The van der Waals surface area contributed by atoms with Crippen molar-refractivity contribution >= 4 is 34.4 Å². The molecule has 34 heavy (non-hydrogen) atoms. The van der Waals surface area contributed by atoms with Crippen LogP contribution in [0.2, 0.25) is 0 Å². The first-order valence-electron chi connectivity index (χ1n) is 11.0. The van der Waals surface area contributed by atoms with Gasteiger partial charge >= 0.3 is 12.1 Å². The van der Waals surface area contributed by atoms with Gasteiger partial charge in [-0.25, -0.2) is 9.78 Å². The van der Waals surface area contributed by atoms with Gasteiger partial charge in [0.1, 0.15) is 11.5 Å². The summed E-state index contributed by atoms with van der Waals surface area (Å²) in [4.78, 5) is 40.5. The number of hydrogen-bond donors (Lipinski definition) is 3. The van der Waals surface area contributed by atoms with E-state index in [4.69, 9.17) is 9.84 Å². The maximum atomic E-state index is 12.5. The average Bonchev–Trinajstić information content (AvgIpc) is 3.43. The number of hydrogen-bond acceptors (Lipinski definition) is 6. The van der Waals surface area contributed by atoms with Crippen molar-refractivity contribution in [2.75, 3.05) is 18.5 Å². The lowest BCUT2D eigenvalue weighted by molar-refractivity contribution is -0.138. The summed E-state index contributed by atoms with van der Waals surface area (Å²) in [5, 5.41) is 14.6. The van der Waals surface area contributed by atoms with E-state index in [1.54, 1.807) is 6.92 Å². The largest absolute Gasteiger partial charge is 0.481 e. The van der Waals surface area contributed by atoms with Crippen molar-refractivity contribution in [2.24, 2.45) is 11.8 Å². The van der Waals surface area contributed by atoms with Gasteiger partial charge in [0.2, 0.25) is 0 Å². The number of benzene rings is 2. The van der Waals surface area contributed by atoms with Gasteiger partial charge in [0, 0.05) is 12.5 Å². The summed E-state index contributed by atoms with van der Waals surface area (Å²) in [6, 6.07) is 16.2. The Kier molecular flexibility index (Phi) is 5.79. The Morgan fingerprint density at radius 1 is 1.09 bits per heavy atom. The van der Waals surface area contributed by atoms with Crippen molar-refractivity contribution in [3.05, 3.63) is 70.2 Å². The van der Waals surface area contributed by atoms with Crippen molar-refractivity contribution in [2.45, 2.75) is 19.3 Å². The second kappa shape index (κ2) is 8.90. The van der Waals surface area contributed by atoms with E-state index in [2.05, 4.69) is 39.9 Å². The first-order chi connectivity index (χ1) is 16.4. The monoisotopic (exact) mass is 477 g/mol.